The van der Waals surface area contributed by atoms with Gasteiger partial charge in [0.15, 0.2) is 15.6 Å². The maximum atomic E-state index is 13.1. The van der Waals surface area contributed by atoms with E-state index in [0.29, 0.717) is 5.56 Å². The molecule has 3 atom stereocenters. The number of Topliss-reactive ketones (excluding diaryl/α,β-unsaturated/α-hetero) is 1. The van der Waals surface area contributed by atoms with Gasteiger partial charge in [0.05, 0.1) is 11.9 Å². The van der Waals surface area contributed by atoms with E-state index in [9.17, 15) is 18.0 Å². The Bertz CT molecular complexity index is 837. The SMILES string of the molecule is CC(C)C[C@@H](C(=O)N[C@@H]1C(=O)CO[C@@H]1C)S(=O)(=O)Cc1ccc(C(C)(C)C)cc1. The van der Waals surface area contributed by atoms with E-state index in [1.165, 1.54) is 0 Å². The molecule has 1 aromatic carbocycles. The zero-order chi connectivity index (χ0) is 22.0. The molecule has 7 heteroatoms. The summed E-state index contributed by atoms with van der Waals surface area (Å²) in [4.78, 5) is 24.8. The fraction of sp³-hybridized carbons (Fsp3) is 0.636. The van der Waals surface area contributed by atoms with E-state index in [2.05, 4.69) is 26.1 Å². The molecule has 0 aromatic heterocycles. The van der Waals surface area contributed by atoms with Crippen LogP contribution in [0.2, 0.25) is 0 Å². The van der Waals surface area contributed by atoms with Gasteiger partial charge in [-0.3, -0.25) is 9.59 Å². The summed E-state index contributed by atoms with van der Waals surface area (Å²) in [6.07, 6.45) is -0.261. The van der Waals surface area contributed by atoms with Gasteiger partial charge in [-0.2, -0.15) is 0 Å². The predicted octanol–water partition coefficient (Wildman–Crippen LogP) is 2.79. The lowest BCUT2D eigenvalue weighted by molar-refractivity contribution is -0.126. The van der Waals surface area contributed by atoms with E-state index in [4.69, 9.17) is 4.74 Å². The Morgan fingerprint density at radius 2 is 1.79 bits per heavy atom. The second kappa shape index (κ2) is 8.96. The fourth-order valence-corrected chi connectivity index (χ4v) is 5.31. The van der Waals surface area contributed by atoms with E-state index >= 15 is 0 Å². The molecule has 0 radical (unpaired) electrons. The first-order valence-corrected chi connectivity index (χ1v) is 11.8. The average Bonchev–Trinajstić information content (AvgIpc) is 2.90. The van der Waals surface area contributed by atoms with Crippen molar-refractivity contribution in [1.82, 2.24) is 5.32 Å². The second-order valence-electron chi connectivity index (χ2n) is 9.34. The molecule has 0 unspecified atom stereocenters. The van der Waals surface area contributed by atoms with Crippen LogP contribution in [-0.4, -0.2) is 44.1 Å². The molecule has 1 aliphatic heterocycles. The van der Waals surface area contributed by atoms with E-state index in [0.717, 1.165) is 5.56 Å². The van der Waals surface area contributed by atoms with E-state index in [-0.39, 0.29) is 35.9 Å². The number of nitrogens with one attached hydrogen (secondary N) is 1. The predicted molar refractivity (Wildman–Crippen MR) is 113 cm³/mol. The molecule has 0 saturated carbocycles. The van der Waals surface area contributed by atoms with Crippen molar-refractivity contribution in [1.29, 1.82) is 0 Å². The van der Waals surface area contributed by atoms with Crippen LogP contribution in [0, 0.1) is 5.92 Å². The quantitative estimate of drug-likeness (QED) is 0.728. The van der Waals surface area contributed by atoms with E-state index in [1.54, 1.807) is 19.1 Å². The number of sulfone groups is 1. The first-order valence-electron chi connectivity index (χ1n) is 10.1. The van der Waals surface area contributed by atoms with Crippen LogP contribution in [0.1, 0.15) is 59.1 Å². The van der Waals surface area contributed by atoms with Gasteiger partial charge in [0.1, 0.15) is 17.9 Å². The summed E-state index contributed by atoms with van der Waals surface area (Å²) >= 11 is 0. The van der Waals surface area contributed by atoms with Crippen molar-refractivity contribution in [2.45, 2.75) is 76.5 Å². The van der Waals surface area contributed by atoms with Crippen molar-refractivity contribution in [2.75, 3.05) is 6.61 Å². The molecule has 2 rings (SSSR count). The summed E-state index contributed by atoms with van der Waals surface area (Å²) in [5.74, 6) is -1.06. The fourth-order valence-electron chi connectivity index (χ4n) is 3.38. The zero-order valence-electron chi connectivity index (χ0n) is 18.2. The van der Waals surface area contributed by atoms with E-state index in [1.807, 2.05) is 26.0 Å². The molecule has 0 aliphatic carbocycles. The molecule has 1 aliphatic rings. The van der Waals surface area contributed by atoms with Crippen LogP contribution in [0.15, 0.2) is 24.3 Å². The summed E-state index contributed by atoms with van der Waals surface area (Å²) in [6.45, 7) is 11.7. The normalized spacial score (nSPS) is 21.4. The minimum Gasteiger partial charge on any atom is -0.368 e. The highest BCUT2D eigenvalue weighted by atomic mass is 32.2. The van der Waals surface area contributed by atoms with Gasteiger partial charge in [0.2, 0.25) is 5.91 Å². The number of carbonyl (C=O) groups excluding carboxylic acids is 2. The highest BCUT2D eigenvalue weighted by Crippen LogP contribution is 2.24. The Balaban J connectivity index is 2.21. The second-order valence-corrected chi connectivity index (χ2v) is 11.5. The van der Waals surface area contributed by atoms with Gasteiger partial charge in [0, 0.05) is 0 Å². The van der Waals surface area contributed by atoms with Crippen molar-refractivity contribution < 1.29 is 22.7 Å². The van der Waals surface area contributed by atoms with E-state index < -0.39 is 33.1 Å². The molecule has 29 heavy (non-hydrogen) atoms. The summed E-state index contributed by atoms with van der Waals surface area (Å²) < 4.78 is 31.5. The minimum atomic E-state index is -3.76. The maximum absolute atomic E-state index is 13.1. The molecular formula is C22H33NO5S. The Labute approximate surface area is 174 Å². The Hall–Kier alpha value is -1.73. The third-order valence-corrected chi connectivity index (χ3v) is 7.21. The van der Waals surface area contributed by atoms with Crippen molar-refractivity contribution in [3.05, 3.63) is 35.4 Å². The number of ether oxygens (including phenoxy) is 1. The third-order valence-electron chi connectivity index (χ3n) is 5.20. The topological polar surface area (TPSA) is 89.5 Å². The minimum absolute atomic E-state index is 0.0109. The smallest absolute Gasteiger partial charge is 0.239 e. The molecule has 0 bridgehead atoms. The Kier molecular flexibility index (Phi) is 7.28. The highest BCUT2D eigenvalue weighted by Gasteiger charge is 2.39. The van der Waals surface area contributed by atoms with Gasteiger partial charge in [0.25, 0.3) is 0 Å². The van der Waals surface area contributed by atoms with Crippen molar-refractivity contribution >= 4 is 21.5 Å². The zero-order valence-corrected chi connectivity index (χ0v) is 19.0. The lowest BCUT2D eigenvalue weighted by Gasteiger charge is -2.23. The molecule has 1 saturated heterocycles. The Morgan fingerprint density at radius 1 is 1.21 bits per heavy atom. The molecule has 1 N–H and O–H groups in total. The third kappa shape index (κ3) is 6.12. The van der Waals surface area contributed by atoms with Crippen LogP contribution in [0.3, 0.4) is 0 Å². The number of ketones is 1. The molecule has 162 valence electrons. The molecule has 0 spiro atoms. The van der Waals surface area contributed by atoms with Gasteiger partial charge < -0.3 is 10.1 Å². The van der Waals surface area contributed by atoms with Crippen molar-refractivity contribution in [2.24, 2.45) is 5.92 Å². The van der Waals surface area contributed by atoms with Crippen molar-refractivity contribution in [3.63, 3.8) is 0 Å². The number of hydrogen-bond donors (Lipinski definition) is 1. The van der Waals surface area contributed by atoms with Crippen LogP contribution in [-0.2, 0) is 35.3 Å². The molecule has 6 nitrogen and oxygen atoms in total. The highest BCUT2D eigenvalue weighted by molar-refractivity contribution is 7.92. The number of hydrogen-bond acceptors (Lipinski definition) is 5. The van der Waals surface area contributed by atoms with Crippen LogP contribution in [0.25, 0.3) is 0 Å². The first kappa shape index (κ1) is 23.5. The molecule has 1 heterocycles. The van der Waals surface area contributed by atoms with Crippen LogP contribution in [0.4, 0.5) is 0 Å². The van der Waals surface area contributed by atoms with Gasteiger partial charge in [-0.15, -0.1) is 0 Å². The first-order chi connectivity index (χ1) is 13.3. The molecule has 1 aromatic rings. The monoisotopic (exact) mass is 423 g/mol. The number of benzene rings is 1. The van der Waals surface area contributed by atoms with Crippen LogP contribution in [0.5, 0.6) is 0 Å². The van der Waals surface area contributed by atoms with Gasteiger partial charge >= 0.3 is 0 Å². The number of rotatable bonds is 7. The summed E-state index contributed by atoms with van der Waals surface area (Å²) in [5, 5.41) is 1.41. The number of amides is 1. The average molecular weight is 424 g/mol. The number of carbonyl (C=O) groups is 2. The van der Waals surface area contributed by atoms with Crippen molar-refractivity contribution in [3.8, 4) is 0 Å². The van der Waals surface area contributed by atoms with Gasteiger partial charge in [-0.05, 0) is 35.8 Å². The summed E-state index contributed by atoms with van der Waals surface area (Å²) in [6, 6.07) is 6.67. The molecule has 1 amide bonds. The summed E-state index contributed by atoms with van der Waals surface area (Å²) in [5.41, 5.74) is 1.74. The largest absolute Gasteiger partial charge is 0.368 e. The van der Waals surface area contributed by atoms with Gasteiger partial charge in [-0.25, -0.2) is 8.42 Å². The van der Waals surface area contributed by atoms with Crippen LogP contribution < -0.4 is 5.32 Å². The Morgan fingerprint density at radius 3 is 2.24 bits per heavy atom. The lowest BCUT2D eigenvalue weighted by atomic mass is 9.87. The molecule has 1 fully saturated rings. The molecular weight excluding hydrogens is 390 g/mol. The van der Waals surface area contributed by atoms with Gasteiger partial charge in [-0.1, -0.05) is 58.9 Å². The standard InChI is InChI=1S/C22H33NO5S/c1-14(2)11-19(21(25)23-20-15(3)28-12-18(20)24)29(26,27)13-16-7-9-17(10-8-16)22(4,5)6/h7-10,14-15,19-20H,11-13H2,1-6H3,(H,23,25)/t15-,19+,20+/m1/s1. The maximum Gasteiger partial charge on any atom is 0.239 e. The summed E-state index contributed by atoms with van der Waals surface area (Å²) in [7, 11) is -3.76. The lowest BCUT2D eigenvalue weighted by Crippen LogP contribution is -2.50. The van der Waals surface area contributed by atoms with Crippen LogP contribution >= 0.6 is 0 Å².